The molecule has 1 aliphatic rings. The van der Waals surface area contributed by atoms with Crippen molar-refractivity contribution in [2.75, 3.05) is 32.1 Å². The van der Waals surface area contributed by atoms with Gasteiger partial charge < -0.3 is 14.4 Å². The van der Waals surface area contributed by atoms with Gasteiger partial charge in [0.05, 0.1) is 24.9 Å². The van der Waals surface area contributed by atoms with Gasteiger partial charge in [-0.1, -0.05) is 48.5 Å². The Hall–Kier alpha value is -3.57. The molecule has 1 heterocycles. The van der Waals surface area contributed by atoms with Crippen molar-refractivity contribution in [1.82, 2.24) is 0 Å². The SMILES string of the molecule is COC(=O)c1ccc(COc2cccc(/C=C/C3=NCCN(C)c4ccccc43)c2)cc1.Cl. The first-order valence-electron chi connectivity index (χ1n) is 10.6. The van der Waals surface area contributed by atoms with Crippen LogP contribution < -0.4 is 9.64 Å². The van der Waals surface area contributed by atoms with Crippen LogP contribution in [0.2, 0.25) is 0 Å². The number of methoxy groups -OCH3 is 1. The van der Waals surface area contributed by atoms with Crippen LogP contribution in [0.4, 0.5) is 5.69 Å². The maximum Gasteiger partial charge on any atom is 0.337 e. The quantitative estimate of drug-likeness (QED) is 0.458. The lowest BCUT2D eigenvalue weighted by Gasteiger charge is -2.18. The molecular formula is C27H27ClN2O3. The van der Waals surface area contributed by atoms with E-state index in [4.69, 9.17) is 14.5 Å². The largest absolute Gasteiger partial charge is 0.489 e. The standard InChI is InChI=1S/C27H26N2O3.ClH/c1-29-17-16-28-25(24-8-3-4-9-26(24)29)15-12-20-6-5-7-23(18-20)32-19-21-10-13-22(14-11-21)27(30)31-2;/h3-15,18H,16-17,19H2,1-2H3;1H/b15-12+;. The molecule has 0 aromatic heterocycles. The van der Waals surface area contributed by atoms with E-state index in [2.05, 4.69) is 42.3 Å². The number of nitrogens with zero attached hydrogens (tertiary/aromatic N) is 2. The number of fused-ring (bicyclic) bond motifs is 1. The Morgan fingerprint density at radius 2 is 1.82 bits per heavy atom. The summed E-state index contributed by atoms with van der Waals surface area (Å²) in [7, 11) is 3.48. The van der Waals surface area contributed by atoms with Crippen LogP contribution in [0.3, 0.4) is 0 Å². The smallest absolute Gasteiger partial charge is 0.337 e. The number of benzene rings is 3. The Bertz CT molecular complexity index is 1160. The van der Waals surface area contributed by atoms with Crippen molar-refractivity contribution in [1.29, 1.82) is 0 Å². The summed E-state index contributed by atoms with van der Waals surface area (Å²) in [5.41, 5.74) is 5.88. The molecular weight excluding hydrogens is 436 g/mol. The van der Waals surface area contributed by atoms with E-state index < -0.39 is 0 Å². The third kappa shape index (κ3) is 6.02. The number of para-hydroxylation sites is 1. The predicted octanol–water partition coefficient (Wildman–Crippen LogP) is 5.43. The molecule has 0 N–H and O–H groups in total. The van der Waals surface area contributed by atoms with Crippen LogP contribution >= 0.6 is 12.4 Å². The van der Waals surface area contributed by atoms with E-state index in [1.807, 2.05) is 42.5 Å². The average Bonchev–Trinajstić information content (AvgIpc) is 3.00. The molecule has 0 aliphatic carbocycles. The number of likely N-dealkylation sites (N-methyl/N-ethyl adjacent to an activating group) is 1. The summed E-state index contributed by atoms with van der Waals surface area (Å²) in [4.78, 5) is 18.6. The maximum atomic E-state index is 11.6. The highest BCUT2D eigenvalue weighted by Crippen LogP contribution is 2.23. The van der Waals surface area contributed by atoms with E-state index in [-0.39, 0.29) is 18.4 Å². The Morgan fingerprint density at radius 1 is 1.03 bits per heavy atom. The number of ether oxygens (including phenoxy) is 2. The number of hydrogen-bond acceptors (Lipinski definition) is 5. The van der Waals surface area contributed by atoms with Crippen LogP contribution in [0.5, 0.6) is 5.75 Å². The van der Waals surface area contributed by atoms with Crippen LogP contribution in [0.25, 0.3) is 6.08 Å². The van der Waals surface area contributed by atoms with Crippen LogP contribution in [-0.2, 0) is 11.3 Å². The minimum absolute atomic E-state index is 0. The van der Waals surface area contributed by atoms with Gasteiger partial charge in [-0.2, -0.15) is 0 Å². The first-order chi connectivity index (χ1) is 15.6. The van der Waals surface area contributed by atoms with Crippen LogP contribution in [0.1, 0.15) is 27.0 Å². The minimum Gasteiger partial charge on any atom is -0.489 e. The molecule has 0 spiro atoms. The fraction of sp³-hybridized carbons (Fsp3) is 0.185. The molecule has 0 fully saturated rings. The van der Waals surface area contributed by atoms with Gasteiger partial charge >= 0.3 is 5.97 Å². The van der Waals surface area contributed by atoms with Gasteiger partial charge in [-0.05, 0) is 47.5 Å². The van der Waals surface area contributed by atoms with E-state index in [0.717, 1.165) is 41.2 Å². The molecule has 0 bridgehead atoms. The second-order valence-electron chi connectivity index (χ2n) is 7.59. The summed E-state index contributed by atoms with van der Waals surface area (Å²) in [5, 5.41) is 0. The molecule has 4 rings (SSSR count). The molecule has 0 saturated carbocycles. The van der Waals surface area contributed by atoms with Gasteiger partial charge in [0.1, 0.15) is 12.4 Å². The first kappa shape index (κ1) is 24.1. The number of esters is 1. The van der Waals surface area contributed by atoms with Crippen molar-refractivity contribution in [2.24, 2.45) is 4.99 Å². The highest BCUT2D eigenvalue weighted by atomic mass is 35.5. The summed E-state index contributed by atoms with van der Waals surface area (Å²) in [6, 6.07) is 23.6. The van der Waals surface area contributed by atoms with Crippen molar-refractivity contribution in [3.63, 3.8) is 0 Å². The van der Waals surface area contributed by atoms with E-state index in [1.54, 1.807) is 12.1 Å². The summed E-state index contributed by atoms with van der Waals surface area (Å²) >= 11 is 0. The van der Waals surface area contributed by atoms with Crippen molar-refractivity contribution in [3.05, 3.63) is 101 Å². The molecule has 0 unspecified atom stereocenters. The van der Waals surface area contributed by atoms with Gasteiger partial charge in [0.25, 0.3) is 0 Å². The average molecular weight is 463 g/mol. The zero-order valence-electron chi connectivity index (χ0n) is 18.7. The molecule has 33 heavy (non-hydrogen) atoms. The van der Waals surface area contributed by atoms with Gasteiger partial charge in [-0.15, -0.1) is 12.4 Å². The third-order valence-corrected chi connectivity index (χ3v) is 5.38. The third-order valence-electron chi connectivity index (χ3n) is 5.38. The number of anilines is 1. The van der Waals surface area contributed by atoms with Crippen LogP contribution in [0.15, 0.2) is 83.9 Å². The predicted molar refractivity (Wildman–Crippen MR) is 136 cm³/mol. The van der Waals surface area contributed by atoms with Crippen LogP contribution in [-0.4, -0.2) is 38.9 Å². The fourth-order valence-electron chi connectivity index (χ4n) is 3.60. The first-order valence-corrected chi connectivity index (χ1v) is 10.6. The highest BCUT2D eigenvalue weighted by molar-refractivity contribution is 6.14. The van der Waals surface area contributed by atoms with E-state index in [9.17, 15) is 4.79 Å². The van der Waals surface area contributed by atoms with Crippen molar-refractivity contribution < 1.29 is 14.3 Å². The second kappa shape index (κ2) is 11.3. The number of rotatable bonds is 6. The lowest BCUT2D eigenvalue weighted by molar-refractivity contribution is 0.0600. The number of allylic oxidation sites excluding steroid dienone is 1. The highest BCUT2D eigenvalue weighted by Gasteiger charge is 2.13. The normalized spacial score (nSPS) is 12.9. The lowest BCUT2D eigenvalue weighted by Crippen LogP contribution is -2.20. The molecule has 6 heteroatoms. The fourth-order valence-corrected chi connectivity index (χ4v) is 3.60. The van der Waals surface area contributed by atoms with Gasteiger partial charge in [0, 0.05) is 24.8 Å². The summed E-state index contributed by atoms with van der Waals surface area (Å²) in [6.45, 7) is 2.09. The molecule has 3 aromatic carbocycles. The van der Waals surface area contributed by atoms with Crippen molar-refractivity contribution in [3.8, 4) is 5.75 Å². The summed E-state index contributed by atoms with van der Waals surface area (Å²) in [6.07, 6.45) is 4.14. The number of hydrogen-bond donors (Lipinski definition) is 0. The summed E-state index contributed by atoms with van der Waals surface area (Å²) < 4.78 is 10.7. The molecule has 0 atom stereocenters. The van der Waals surface area contributed by atoms with Crippen molar-refractivity contribution >= 4 is 35.9 Å². The lowest BCUT2D eigenvalue weighted by atomic mass is 10.1. The van der Waals surface area contributed by atoms with Gasteiger partial charge in [-0.3, -0.25) is 4.99 Å². The number of halogens is 1. The maximum absolute atomic E-state index is 11.6. The van der Waals surface area contributed by atoms with E-state index in [0.29, 0.717) is 12.2 Å². The van der Waals surface area contributed by atoms with E-state index in [1.165, 1.54) is 12.8 Å². The molecule has 5 nitrogen and oxygen atoms in total. The van der Waals surface area contributed by atoms with E-state index >= 15 is 0 Å². The number of carbonyl (C=O) groups is 1. The van der Waals surface area contributed by atoms with Gasteiger partial charge in [-0.25, -0.2) is 4.79 Å². The topological polar surface area (TPSA) is 51.1 Å². The molecule has 0 saturated heterocycles. The Labute approximate surface area is 200 Å². The molecule has 0 radical (unpaired) electrons. The Kier molecular flexibility index (Phi) is 8.28. The van der Waals surface area contributed by atoms with Gasteiger partial charge in [0.15, 0.2) is 0 Å². The molecule has 3 aromatic rings. The monoisotopic (exact) mass is 462 g/mol. The molecule has 1 aliphatic heterocycles. The minimum atomic E-state index is -0.343. The Morgan fingerprint density at radius 3 is 2.61 bits per heavy atom. The molecule has 170 valence electrons. The summed E-state index contributed by atoms with van der Waals surface area (Å²) in [5.74, 6) is 0.441. The zero-order valence-corrected chi connectivity index (χ0v) is 19.5. The number of aliphatic imine (C=N–C) groups is 1. The number of benzodiazepines with no additional fused rings is 1. The second-order valence-corrected chi connectivity index (χ2v) is 7.59. The Balaban J connectivity index is 0.00000306. The van der Waals surface area contributed by atoms with Gasteiger partial charge in [0.2, 0.25) is 0 Å². The van der Waals surface area contributed by atoms with Crippen molar-refractivity contribution in [2.45, 2.75) is 6.61 Å². The van der Waals surface area contributed by atoms with Crippen LogP contribution in [0, 0.1) is 0 Å². The zero-order chi connectivity index (χ0) is 22.3. The number of carbonyl (C=O) groups excluding carboxylic acids is 1. The molecule has 0 amide bonds.